The van der Waals surface area contributed by atoms with Gasteiger partial charge in [0.1, 0.15) is 0 Å². The van der Waals surface area contributed by atoms with Crippen molar-refractivity contribution in [2.45, 2.75) is 19.8 Å². The molecule has 0 saturated carbocycles. The van der Waals surface area contributed by atoms with Gasteiger partial charge in [-0.1, -0.05) is 44.2 Å². The number of benzene rings is 1. The molecule has 1 aromatic heterocycles. The summed E-state index contributed by atoms with van der Waals surface area (Å²) in [6.45, 7) is 4.36. The highest BCUT2D eigenvalue weighted by atomic mass is 16.5. The van der Waals surface area contributed by atoms with Gasteiger partial charge in [-0.25, -0.2) is 4.79 Å². The average molecular weight is 281 g/mol. The Morgan fingerprint density at radius 2 is 1.81 bits per heavy atom. The fraction of sp³-hybridized carbons (Fsp3) is 0.222. The van der Waals surface area contributed by atoms with E-state index in [1.165, 1.54) is 18.9 Å². The van der Waals surface area contributed by atoms with E-state index in [9.17, 15) is 4.79 Å². The SMILES string of the molecule is COC(=O)c1ccc(/C=C/c2ccc(C(C)C)cc2)nc1. The predicted molar refractivity (Wildman–Crippen MR) is 85.0 cm³/mol. The number of hydrogen-bond acceptors (Lipinski definition) is 3. The Labute approximate surface area is 125 Å². The number of nitrogens with zero attached hydrogens (tertiary/aromatic N) is 1. The summed E-state index contributed by atoms with van der Waals surface area (Å²) < 4.78 is 4.64. The molecule has 3 heteroatoms. The second-order valence-corrected chi connectivity index (χ2v) is 5.12. The van der Waals surface area contributed by atoms with Gasteiger partial charge in [-0.3, -0.25) is 4.98 Å². The van der Waals surface area contributed by atoms with Gasteiger partial charge in [-0.05, 0) is 35.3 Å². The van der Waals surface area contributed by atoms with Crippen molar-refractivity contribution >= 4 is 18.1 Å². The Morgan fingerprint density at radius 3 is 2.33 bits per heavy atom. The molecule has 0 aliphatic rings. The van der Waals surface area contributed by atoms with Crippen molar-refractivity contribution < 1.29 is 9.53 Å². The Bertz CT molecular complexity index is 625. The summed E-state index contributed by atoms with van der Waals surface area (Å²) in [6, 6.07) is 12.0. The largest absolute Gasteiger partial charge is 0.465 e. The zero-order valence-corrected chi connectivity index (χ0v) is 12.5. The van der Waals surface area contributed by atoms with Crippen LogP contribution in [-0.4, -0.2) is 18.1 Å². The second-order valence-electron chi connectivity index (χ2n) is 5.12. The number of aromatic nitrogens is 1. The number of esters is 1. The van der Waals surface area contributed by atoms with Crippen molar-refractivity contribution in [2.75, 3.05) is 7.11 Å². The van der Waals surface area contributed by atoms with Crippen LogP contribution in [0.4, 0.5) is 0 Å². The van der Waals surface area contributed by atoms with Crippen LogP contribution in [0.25, 0.3) is 12.2 Å². The lowest BCUT2D eigenvalue weighted by Crippen LogP contribution is -2.01. The summed E-state index contributed by atoms with van der Waals surface area (Å²) in [7, 11) is 1.36. The van der Waals surface area contributed by atoms with Crippen LogP contribution in [0.5, 0.6) is 0 Å². The van der Waals surface area contributed by atoms with Crippen LogP contribution in [0.2, 0.25) is 0 Å². The van der Waals surface area contributed by atoms with E-state index >= 15 is 0 Å². The fourth-order valence-corrected chi connectivity index (χ4v) is 1.92. The molecule has 3 nitrogen and oxygen atoms in total. The minimum absolute atomic E-state index is 0.373. The van der Waals surface area contributed by atoms with Crippen molar-refractivity contribution in [3.05, 3.63) is 65.0 Å². The number of carbonyl (C=O) groups excluding carboxylic acids is 1. The summed E-state index contributed by atoms with van der Waals surface area (Å²) in [5.41, 5.74) is 3.71. The van der Waals surface area contributed by atoms with Gasteiger partial charge in [0.15, 0.2) is 0 Å². The molecule has 0 unspecified atom stereocenters. The van der Waals surface area contributed by atoms with Crippen molar-refractivity contribution in [1.29, 1.82) is 0 Å². The van der Waals surface area contributed by atoms with Crippen molar-refractivity contribution in [3.63, 3.8) is 0 Å². The number of pyridine rings is 1. The molecule has 0 aliphatic heterocycles. The maximum absolute atomic E-state index is 11.3. The molecular weight excluding hydrogens is 262 g/mol. The van der Waals surface area contributed by atoms with E-state index in [-0.39, 0.29) is 5.97 Å². The van der Waals surface area contributed by atoms with Crippen LogP contribution < -0.4 is 0 Å². The van der Waals surface area contributed by atoms with E-state index in [1.807, 2.05) is 12.2 Å². The lowest BCUT2D eigenvalue weighted by Gasteiger charge is -2.04. The van der Waals surface area contributed by atoms with Gasteiger partial charge in [-0.15, -0.1) is 0 Å². The quantitative estimate of drug-likeness (QED) is 0.790. The van der Waals surface area contributed by atoms with E-state index in [0.29, 0.717) is 11.5 Å². The van der Waals surface area contributed by atoms with Gasteiger partial charge >= 0.3 is 5.97 Å². The molecule has 0 amide bonds. The Morgan fingerprint density at radius 1 is 1.10 bits per heavy atom. The molecule has 0 N–H and O–H groups in total. The molecule has 21 heavy (non-hydrogen) atoms. The smallest absolute Gasteiger partial charge is 0.339 e. The number of ether oxygens (including phenoxy) is 1. The molecule has 0 spiro atoms. The van der Waals surface area contributed by atoms with Gasteiger partial charge in [0, 0.05) is 6.20 Å². The maximum atomic E-state index is 11.3. The van der Waals surface area contributed by atoms with Crippen LogP contribution in [0.3, 0.4) is 0 Å². The molecule has 0 bridgehead atoms. The van der Waals surface area contributed by atoms with Gasteiger partial charge < -0.3 is 4.74 Å². The van der Waals surface area contributed by atoms with Crippen molar-refractivity contribution in [1.82, 2.24) is 4.98 Å². The van der Waals surface area contributed by atoms with E-state index in [0.717, 1.165) is 11.3 Å². The number of methoxy groups -OCH3 is 1. The summed E-state index contributed by atoms with van der Waals surface area (Å²) in [6.07, 6.45) is 5.45. The van der Waals surface area contributed by atoms with Crippen molar-refractivity contribution in [3.8, 4) is 0 Å². The number of carbonyl (C=O) groups is 1. The number of rotatable bonds is 4. The minimum atomic E-state index is -0.373. The standard InChI is InChI=1S/C18H19NO2/c1-13(2)15-7-4-14(5-8-15)6-10-17-11-9-16(12-19-17)18(20)21-3/h4-13H,1-3H3/b10-6+. The highest BCUT2D eigenvalue weighted by Crippen LogP contribution is 2.16. The van der Waals surface area contributed by atoms with Crippen LogP contribution >= 0.6 is 0 Å². The zero-order chi connectivity index (χ0) is 15.2. The van der Waals surface area contributed by atoms with Crippen molar-refractivity contribution in [2.24, 2.45) is 0 Å². The summed E-state index contributed by atoms with van der Waals surface area (Å²) in [5, 5.41) is 0. The third-order valence-electron chi connectivity index (χ3n) is 3.26. The molecule has 0 fully saturated rings. The van der Waals surface area contributed by atoms with Crippen LogP contribution in [0, 0.1) is 0 Å². The molecule has 2 aromatic rings. The predicted octanol–water partition coefficient (Wildman–Crippen LogP) is 4.16. The summed E-state index contributed by atoms with van der Waals surface area (Å²) >= 11 is 0. The number of hydrogen-bond donors (Lipinski definition) is 0. The summed E-state index contributed by atoms with van der Waals surface area (Å²) in [5.74, 6) is 0.165. The second kappa shape index (κ2) is 6.84. The Kier molecular flexibility index (Phi) is 4.88. The molecule has 1 heterocycles. The normalized spacial score (nSPS) is 11.0. The Balaban J connectivity index is 2.08. The average Bonchev–Trinajstić information content (AvgIpc) is 2.53. The van der Waals surface area contributed by atoms with Gasteiger partial charge in [-0.2, -0.15) is 0 Å². The highest BCUT2D eigenvalue weighted by Gasteiger charge is 2.04. The maximum Gasteiger partial charge on any atom is 0.339 e. The van der Waals surface area contributed by atoms with Gasteiger partial charge in [0.2, 0.25) is 0 Å². The zero-order valence-electron chi connectivity index (χ0n) is 12.5. The first kappa shape index (κ1) is 15.0. The lowest BCUT2D eigenvalue weighted by atomic mass is 10.0. The van der Waals surface area contributed by atoms with Gasteiger partial charge in [0.25, 0.3) is 0 Å². The molecule has 0 saturated heterocycles. The third kappa shape index (κ3) is 4.02. The lowest BCUT2D eigenvalue weighted by molar-refractivity contribution is 0.0600. The third-order valence-corrected chi connectivity index (χ3v) is 3.26. The minimum Gasteiger partial charge on any atom is -0.465 e. The van der Waals surface area contributed by atoms with Crippen LogP contribution in [-0.2, 0) is 4.74 Å². The molecular formula is C18H19NO2. The van der Waals surface area contributed by atoms with Crippen LogP contribution in [0.1, 0.15) is 46.9 Å². The van der Waals surface area contributed by atoms with E-state index in [4.69, 9.17) is 0 Å². The van der Waals surface area contributed by atoms with Gasteiger partial charge in [0.05, 0.1) is 18.4 Å². The molecule has 1 aromatic carbocycles. The first-order valence-corrected chi connectivity index (χ1v) is 6.92. The first-order chi connectivity index (χ1) is 10.1. The first-order valence-electron chi connectivity index (χ1n) is 6.92. The van der Waals surface area contributed by atoms with Crippen LogP contribution in [0.15, 0.2) is 42.6 Å². The topological polar surface area (TPSA) is 39.2 Å². The molecule has 108 valence electrons. The van der Waals surface area contributed by atoms with E-state index < -0.39 is 0 Å². The highest BCUT2D eigenvalue weighted by molar-refractivity contribution is 5.89. The monoisotopic (exact) mass is 281 g/mol. The molecule has 0 aliphatic carbocycles. The molecule has 0 atom stereocenters. The van der Waals surface area contributed by atoms with E-state index in [2.05, 4.69) is 47.8 Å². The Hall–Kier alpha value is -2.42. The summed E-state index contributed by atoms with van der Waals surface area (Å²) in [4.78, 5) is 15.5. The van der Waals surface area contributed by atoms with E-state index in [1.54, 1.807) is 12.1 Å². The molecule has 2 rings (SSSR count). The fourth-order valence-electron chi connectivity index (χ4n) is 1.92. The molecule has 0 radical (unpaired) electrons.